The van der Waals surface area contributed by atoms with Gasteiger partial charge in [-0.3, -0.25) is 14.6 Å². The maximum atomic E-state index is 12.9. The molecule has 1 fully saturated rings. The van der Waals surface area contributed by atoms with Gasteiger partial charge in [0.15, 0.2) is 5.69 Å². The second-order valence-electron chi connectivity index (χ2n) is 5.57. The van der Waals surface area contributed by atoms with E-state index in [1.54, 1.807) is 0 Å². The molecular formula is C13H14ClF3N6O. The van der Waals surface area contributed by atoms with Crippen LogP contribution in [0.25, 0.3) is 0 Å². The number of halogens is 4. The van der Waals surface area contributed by atoms with Crippen molar-refractivity contribution < 1.29 is 18.0 Å². The number of piperidine rings is 1. The van der Waals surface area contributed by atoms with E-state index in [1.165, 1.54) is 18.3 Å². The number of hydrogen-bond acceptors (Lipinski definition) is 4. The Kier molecular flexibility index (Phi) is 4.24. The number of likely N-dealkylation sites (tertiary alicyclic amines) is 1. The fourth-order valence-electron chi connectivity index (χ4n) is 2.83. The summed E-state index contributed by atoms with van der Waals surface area (Å²) in [6.07, 6.45) is -2.00. The molecule has 0 bridgehead atoms. The van der Waals surface area contributed by atoms with Gasteiger partial charge in [-0.1, -0.05) is 11.6 Å². The van der Waals surface area contributed by atoms with Gasteiger partial charge < -0.3 is 4.90 Å². The highest BCUT2D eigenvalue weighted by Crippen LogP contribution is 2.36. The summed E-state index contributed by atoms with van der Waals surface area (Å²) in [6.45, 7) is 0.792. The van der Waals surface area contributed by atoms with Crippen molar-refractivity contribution in [3.63, 3.8) is 0 Å². The van der Waals surface area contributed by atoms with Crippen LogP contribution in [0.5, 0.6) is 0 Å². The number of carbonyl (C=O) groups excluding carboxylic acids is 1. The Morgan fingerprint density at radius 2 is 2.04 bits per heavy atom. The van der Waals surface area contributed by atoms with Crippen molar-refractivity contribution in [1.29, 1.82) is 0 Å². The van der Waals surface area contributed by atoms with E-state index in [0.717, 1.165) is 10.5 Å². The number of nitrogens with zero attached hydrogens (tertiary/aromatic N) is 5. The molecule has 24 heavy (non-hydrogen) atoms. The zero-order chi connectivity index (χ0) is 17.5. The summed E-state index contributed by atoms with van der Waals surface area (Å²) in [5, 5.41) is 9.27. The van der Waals surface area contributed by atoms with Crippen LogP contribution in [0.1, 0.15) is 40.8 Å². The van der Waals surface area contributed by atoms with Crippen molar-refractivity contribution >= 4 is 17.5 Å². The van der Waals surface area contributed by atoms with Crippen molar-refractivity contribution in [1.82, 2.24) is 29.9 Å². The summed E-state index contributed by atoms with van der Waals surface area (Å²) in [5.41, 5.74) is -1.49. The first-order chi connectivity index (χ1) is 11.3. The summed E-state index contributed by atoms with van der Waals surface area (Å²) in [7, 11) is 1.27. The normalized spacial score (nSPS) is 16.6. The first kappa shape index (κ1) is 16.7. The molecule has 1 aliphatic heterocycles. The predicted octanol–water partition coefficient (Wildman–Crippen LogP) is 2.23. The Bertz CT molecular complexity index is 734. The van der Waals surface area contributed by atoms with Gasteiger partial charge in [0.25, 0.3) is 5.91 Å². The van der Waals surface area contributed by atoms with Gasteiger partial charge in [0, 0.05) is 26.1 Å². The number of aromatic amines is 1. The number of alkyl halides is 3. The minimum atomic E-state index is -4.70. The first-order valence-electron chi connectivity index (χ1n) is 7.23. The van der Waals surface area contributed by atoms with Gasteiger partial charge in [0.1, 0.15) is 22.9 Å². The zero-order valence-electron chi connectivity index (χ0n) is 12.6. The van der Waals surface area contributed by atoms with E-state index in [1.807, 2.05) is 0 Å². The van der Waals surface area contributed by atoms with Crippen LogP contribution in [-0.4, -0.2) is 48.9 Å². The monoisotopic (exact) mass is 362 g/mol. The summed E-state index contributed by atoms with van der Waals surface area (Å²) in [5.74, 6) is 0.339. The highest BCUT2D eigenvalue weighted by molar-refractivity contribution is 6.34. The summed E-state index contributed by atoms with van der Waals surface area (Å²) >= 11 is 5.76. The van der Waals surface area contributed by atoms with E-state index in [-0.39, 0.29) is 11.6 Å². The molecule has 1 aliphatic rings. The third kappa shape index (κ3) is 2.97. The van der Waals surface area contributed by atoms with Gasteiger partial charge >= 0.3 is 6.18 Å². The first-order valence-corrected chi connectivity index (χ1v) is 7.61. The number of hydrogen-bond donors (Lipinski definition) is 1. The van der Waals surface area contributed by atoms with Gasteiger partial charge in [-0.2, -0.15) is 23.4 Å². The van der Waals surface area contributed by atoms with Gasteiger partial charge in [0.05, 0.1) is 0 Å². The number of rotatable bonds is 2. The van der Waals surface area contributed by atoms with Crippen molar-refractivity contribution in [2.45, 2.75) is 24.9 Å². The Labute approximate surface area is 139 Å². The lowest BCUT2D eigenvalue weighted by Gasteiger charge is -2.31. The van der Waals surface area contributed by atoms with E-state index < -0.39 is 22.8 Å². The van der Waals surface area contributed by atoms with Crippen LogP contribution in [0, 0.1) is 0 Å². The molecule has 0 aromatic carbocycles. The minimum absolute atomic E-state index is 0.143. The van der Waals surface area contributed by atoms with E-state index in [9.17, 15) is 18.0 Å². The quantitative estimate of drug-likeness (QED) is 0.888. The lowest BCUT2D eigenvalue weighted by Crippen LogP contribution is -2.39. The number of aryl methyl sites for hydroxylation is 1. The Morgan fingerprint density at radius 1 is 1.38 bits per heavy atom. The largest absolute Gasteiger partial charge is 0.436 e. The fourth-order valence-corrected chi connectivity index (χ4v) is 3.18. The van der Waals surface area contributed by atoms with E-state index >= 15 is 0 Å². The number of aromatic nitrogens is 5. The lowest BCUT2D eigenvalue weighted by atomic mass is 9.96. The molecule has 3 rings (SSSR count). The summed E-state index contributed by atoms with van der Waals surface area (Å²) in [6, 6.07) is 0. The molecule has 7 nitrogen and oxygen atoms in total. The van der Waals surface area contributed by atoms with Crippen LogP contribution in [0.3, 0.4) is 0 Å². The van der Waals surface area contributed by atoms with Crippen LogP contribution < -0.4 is 0 Å². The highest BCUT2D eigenvalue weighted by atomic mass is 35.5. The molecule has 0 saturated carbocycles. The molecule has 0 aliphatic carbocycles. The van der Waals surface area contributed by atoms with Crippen molar-refractivity contribution in [3.05, 3.63) is 28.6 Å². The molecule has 2 aromatic rings. The molecule has 0 radical (unpaired) electrons. The molecule has 1 saturated heterocycles. The average Bonchev–Trinajstić information content (AvgIpc) is 3.15. The topological polar surface area (TPSA) is 79.7 Å². The molecule has 2 aromatic heterocycles. The molecule has 0 spiro atoms. The van der Waals surface area contributed by atoms with E-state index in [0.29, 0.717) is 25.9 Å². The van der Waals surface area contributed by atoms with Crippen LogP contribution >= 0.6 is 11.6 Å². The molecule has 0 unspecified atom stereocenters. The van der Waals surface area contributed by atoms with Gasteiger partial charge in [0.2, 0.25) is 0 Å². The second-order valence-corrected chi connectivity index (χ2v) is 5.95. The van der Waals surface area contributed by atoms with E-state index in [2.05, 4.69) is 20.3 Å². The van der Waals surface area contributed by atoms with Crippen LogP contribution in [0.4, 0.5) is 13.2 Å². The number of carbonyl (C=O) groups is 1. The average molecular weight is 363 g/mol. The van der Waals surface area contributed by atoms with Gasteiger partial charge in [-0.25, -0.2) is 4.98 Å². The van der Waals surface area contributed by atoms with E-state index in [4.69, 9.17) is 11.6 Å². The van der Waals surface area contributed by atoms with Crippen LogP contribution in [-0.2, 0) is 13.2 Å². The SMILES string of the molecule is Cn1nc(C(F)(F)F)c(Cl)c1C(=O)N1CCC(c2ncn[nH]2)CC1. The Balaban J connectivity index is 1.75. The maximum Gasteiger partial charge on any atom is 0.436 e. The molecule has 1 amide bonds. The third-order valence-corrected chi connectivity index (χ3v) is 4.42. The second kappa shape index (κ2) is 6.08. The maximum absolute atomic E-state index is 12.9. The molecule has 130 valence electrons. The molecule has 1 N–H and O–H groups in total. The molecule has 0 atom stereocenters. The smallest absolute Gasteiger partial charge is 0.337 e. The zero-order valence-corrected chi connectivity index (χ0v) is 13.4. The predicted molar refractivity (Wildman–Crippen MR) is 77.5 cm³/mol. The van der Waals surface area contributed by atoms with Crippen molar-refractivity contribution in [2.75, 3.05) is 13.1 Å². The van der Waals surface area contributed by atoms with Crippen molar-refractivity contribution in [2.24, 2.45) is 7.05 Å². The number of nitrogens with one attached hydrogen (secondary N) is 1. The summed E-state index contributed by atoms with van der Waals surface area (Å²) < 4.78 is 39.4. The van der Waals surface area contributed by atoms with Crippen LogP contribution in [0.15, 0.2) is 6.33 Å². The fraction of sp³-hybridized carbons (Fsp3) is 0.538. The minimum Gasteiger partial charge on any atom is -0.337 e. The number of amides is 1. The Morgan fingerprint density at radius 3 is 2.54 bits per heavy atom. The van der Waals surface area contributed by atoms with Gasteiger partial charge in [-0.05, 0) is 12.8 Å². The van der Waals surface area contributed by atoms with Crippen molar-refractivity contribution in [3.8, 4) is 0 Å². The standard InChI is InChI=1S/C13H14ClF3N6O/c1-22-9(8(14)10(21-22)13(15,16)17)12(24)23-4-2-7(3-5-23)11-18-6-19-20-11/h6-7H,2-5H2,1H3,(H,18,19,20). The van der Waals surface area contributed by atoms with Gasteiger partial charge in [-0.15, -0.1) is 0 Å². The molecular weight excluding hydrogens is 349 g/mol. The lowest BCUT2D eigenvalue weighted by molar-refractivity contribution is -0.141. The third-order valence-electron chi connectivity index (χ3n) is 4.06. The molecule has 3 heterocycles. The molecule has 11 heteroatoms. The van der Waals surface area contributed by atoms with Crippen LogP contribution in [0.2, 0.25) is 5.02 Å². The summed E-state index contributed by atoms with van der Waals surface area (Å²) in [4.78, 5) is 18.1. The number of H-pyrrole nitrogens is 1. The Hall–Kier alpha value is -2.10. The highest BCUT2D eigenvalue weighted by Gasteiger charge is 2.40.